The van der Waals surface area contributed by atoms with E-state index >= 15 is 0 Å². The highest BCUT2D eigenvalue weighted by Gasteiger charge is 2.08. The Morgan fingerprint density at radius 3 is 2.90 bits per heavy atom. The lowest BCUT2D eigenvalue weighted by Gasteiger charge is -2.00. The van der Waals surface area contributed by atoms with Gasteiger partial charge < -0.3 is 5.11 Å². The summed E-state index contributed by atoms with van der Waals surface area (Å²) in [4.78, 5) is 15.7. The van der Waals surface area contributed by atoms with E-state index in [2.05, 4.69) is 15.5 Å². The summed E-state index contributed by atoms with van der Waals surface area (Å²) in [6.45, 7) is 0. The number of carboxylic acids is 1. The highest BCUT2D eigenvalue weighted by Crippen LogP contribution is 2.19. The van der Waals surface area contributed by atoms with Gasteiger partial charge in [0.2, 0.25) is 0 Å². The number of nitrogens with zero attached hydrogens (tertiary/aromatic N) is 3. The van der Waals surface area contributed by atoms with E-state index in [1.165, 1.54) is 23.5 Å². The van der Waals surface area contributed by atoms with Gasteiger partial charge in [0, 0.05) is 11.6 Å². The summed E-state index contributed by atoms with van der Waals surface area (Å²) >= 11 is 7.52. The van der Waals surface area contributed by atoms with Gasteiger partial charge >= 0.3 is 5.97 Å². The van der Waals surface area contributed by atoms with E-state index in [9.17, 15) is 4.79 Å². The van der Waals surface area contributed by atoms with Gasteiger partial charge in [0.15, 0.2) is 10.1 Å². The van der Waals surface area contributed by atoms with E-state index in [1.54, 1.807) is 18.3 Å². The Labute approximate surface area is 128 Å². The minimum atomic E-state index is -0.962. The van der Waals surface area contributed by atoms with Crippen LogP contribution < -0.4 is 5.43 Å². The number of benzene rings is 1. The van der Waals surface area contributed by atoms with E-state index in [-0.39, 0.29) is 5.56 Å². The van der Waals surface area contributed by atoms with Crippen molar-refractivity contribution >= 4 is 45.8 Å². The normalized spacial score (nSPS) is 11.3. The van der Waals surface area contributed by atoms with Crippen molar-refractivity contribution in [2.45, 2.75) is 0 Å². The van der Waals surface area contributed by atoms with Crippen LogP contribution >= 0.6 is 22.9 Å². The van der Waals surface area contributed by atoms with Crippen molar-refractivity contribution < 1.29 is 9.90 Å². The Morgan fingerprint density at radius 1 is 1.43 bits per heavy atom. The predicted molar refractivity (Wildman–Crippen MR) is 82.7 cm³/mol. The number of imidazole rings is 1. The molecular weight excluding hydrogens is 312 g/mol. The minimum Gasteiger partial charge on any atom is -0.478 e. The van der Waals surface area contributed by atoms with Crippen molar-refractivity contribution in [3.63, 3.8) is 0 Å². The first-order valence-corrected chi connectivity index (χ1v) is 7.14. The van der Waals surface area contributed by atoms with Gasteiger partial charge in [-0.1, -0.05) is 11.6 Å². The fourth-order valence-corrected chi connectivity index (χ4v) is 2.74. The number of carbonyl (C=O) groups is 1. The molecule has 106 valence electrons. The van der Waals surface area contributed by atoms with Gasteiger partial charge in [-0.15, -0.1) is 11.3 Å². The lowest BCUT2D eigenvalue weighted by Crippen LogP contribution is -1.97. The van der Waals surface area contributed by atoms with E-state index < -0.39 is 5.97 Å². The summed E-state index contributed by atoms with van der Waals surface area (Å²) in [5.74, 6) is -0.962. The Bertz CT molecular complexity index is 822. The van der Waals surface area contributed by atoms with Gasteiger partial charge in [0.25, 0.3) is 0 Å². The molecule has 0 saturated heterocycles. The standard InChI is InChI=1S/C13H9ClN4O2S/c14-11-10(18-5-6-21-13(18)16-11)7-15-17-9-3-1-8(2-4-9)12(19)20/h1-7,17H,(H,19,20)/b15-7+. The SMILES string of the molecule is O=C(O)c1ccc(N/N=C/c2c(Cl)nc3sccn23)cc1. The molecule has 0 aliphatic rings. The fraction of sp³-hybridized carbons (Fsp3) is 0. The molecule has 2 heterocycles. The van der Waals surface area contributed by atoms with Crippen LogP contribution in [-0.4, -0.2) is 26.7 Å². The third-order valence-corrected chi connectivity index (χ3v) is 3.80. The number of hydrogen-bond donors (Lipinski definition) is 2. The lowest BCUT2D eigenvalue weighted by molar-refractivity contribution is 0.0697. The molecule has 0 radical (unpaired) electrons. The Kier molecular flexibility index (Phi) is 3.59. The molecule has 8 heteroatoms. The first-order valence-electron chi connectivity index (χ1n) is 5.88. The molecule has 0 atom stereocenters. The summed E-state index contributed by atoms with van der Waals surface area (Å²) in [5.41, 5.74) is 4.40. The van der Waals surface area contributed by atoms with Crippen LogP contribution in [-0.2, 0) is 0 Å². The summed E-state index contributed by atoms with van der Waals surface area (Å²) < 4.78 is 1.84. The smallest absolute Gasteiger partial charge is 0.335 e. The number of anilines is 1. The zero-order valence-electron chi connectivity index (χ0n) is 10.5. The quantitative estimate of drug-likeness (QED) is 0.571. The second-order valence-corrected chi connectivity index (χ2v) is 5.33. The first kappa shape index (κ1) is 13.6. The van der Waals surface area contributed by atoms with Crippen LogP contribution in [0.5, 0.6) is 0 Å². The summed E-state index contributed by atoms with van der Waals surface area (Å²) in [6.07, 6.45) is 3.43. The number of aromatic carboxylic acids is 1. The second kappa shape index (κ2) is 5.55. The molecule has 6 nitrogen and oxygen atoms in total. The number of hydrogen-bond acceptors (Lipinski definition) is 5. The molecule has 0 unspecified atom stereocenters. The molecule has 3 aromatic rings. The maximum Gasteiger partial charge on any atom is 0.335 e. The third kappa shape index (κ3) is 2.74. The summed E-state index contributed by atoms with van der Waals surface area (Å²) in [7, 11) is 0. The van der Waals surface area contributed by atoms with E-state index in [1.807, 2.05) is 16.0 Å². The number of hydrazone groups is 1. The number of nitrogens with one attached hydrogen (secondary N) is 1. The van der Waals surface area contributed by atoms with Gasteiger partial charge in [-0.05, 0) is 24.3 Å². The highest BCUT2D eigenvalue weighted by molar-refractivity contribution is 7.15. The molecule has 2 N–H and O–H groups in total. The van der Waals surface area contributed by atoms with E-state index in [0.717, 1.165) is 4.96 Å². The second-order valence-electron chi connectivity index (χ2n) is 4.10. The minimum absolute atomic E-state index is 0.225. The van der Waals surface area contributed by atoms with Crippen molar-refractivity contribution in [2.24, 2.45) is 5.10 Å². The molecule has 1 aromatic carbocycles. The molecular formula is C13H9ClN4O2S. The van der Waals surface area contributed by atoms with Gasteiger partial charge in [-0.2, -0.15) is 5.10 Å². The molecule has 0 fully saturated rings. The Hall–Kier alpha value is -2.38. The van der Waals surface area contributed by atoms with Crippen molar-refractivity contribution in [1.82, 2.24) is 9.38 Å². The maximum absolute atomic E-state index is 10.7. The Balaban J connectivity index is 1.76. The van der Waals surface area contributed by atoms with Crippen LogP contribution in [0.4, 0.5) is 5.69 Å². The van der Waals surface area contributed by atoms with Crippen molar-refractivity contribution in [2.75, 3.05) is 5.43 Å². The highest BCUT2D eigenvalue weighted by atomic mass is 35.5. The van der Waals surface area contributed by atoms with E-state index in [0.29, 0.717) is 16.5 Å². The third-order valence-electron chi connectivity index (χ3n) is 2.77. The first-order chi connectivity index (χ1) is 10.1. The summed E-state index contributed by atoms with van der Waals surface area (Å²) in [6, 6.07) is 6.28. The zero-order chi connectivity index (χ0) is 14.8. The van der Waals surface area contributed by atoms with E-state index in [4.69, 9.17) is 16.7 Å². The average Bonchev–Trinajstić information content (AvgIpc) is 3.02. The number of aromatic nitrogens is 2. The van der Waals surface area contributed by atoms with Crippen molar-refractivity contribution in [3.8, 4) is 0 Å². The molecule has 0 bridgehead atoms. The van der Waals surface area contributed by atoms with Gasteiger partial charge in [0.05, 0.1) is 17.5 Å². The molecule has 21 heavy (non-hydrogen) atoms. The number of carboxylic acid groups (broad SMARTS) is 1. The van der Waals surface area contributed by atoms with Crippen molar-refractivity contribution in [3.05, 3.63) is 52.3 Å². The molecule has 2 aromatic heterocycles. The lowest BCUT2D eigenvalue weighted by atomic mass is 10.2. The molecule has 0 saturated carbocycles. The Morgan fingerprint density at radius 2 is 2.19 bits per heavy atom. The molecule has 0 amide bonds. The van der Waals surface area contributed by atoms with Crippen LogP contribution in [0.25, 0.3) is 4.96 Å². The molecule has 0 aliphatic carbocycles. The van der Waals surface area contributed by atoms with Crippen LogP contribution in [0, 0.1) is 0 Å². The van der Waals surface area contributed by atoms with Crippen LogP contribution in [0.1, 0.15) is 16.1 Å². The number of rotatable bonds is 4. The topological polar surface area (TPSA) is 79.0 Å². The van der Waals surface area contributed by atoms with Crippen molar-refractivity contribution in [1.29, 1.82) is 0 Å². The summed E-state index contributed by atoms with van der Waals surface area (Å²) in [5, 5.41) is 15.2. The number of fused-ring (bicyclic) bond motifs is 1. The van der Waals surface area contributed by atoms with Crippen LogP contribution in [0.2, 0.25) is 5.15 Å². The van der Waals surface area contributed by atoms with Gasteiger partial charge in [0.1, 0.15) is 5.69 Å². The predicted octanol–water partition coefficient (Wildman–Crippen LogP) is 3.19. The maximum atomic E-state index is 10.7. The molecule has 0 spiro atoms. The largest absolute Gasteiger partial charge is 0.478 e. The fourth-order valence-electron chi connectivity index (χ4n) is 1.75. The number of halogens is 1. The molecule has 3 rings (SSSR count). The van der Waals surface area contributed by atoms with Crippen LogP contribution in [0.15, 0.2) is 40.9 Å². The van der Waals surface area contributed by atoms with Gasteiger partial charge in [-0.25, -0.2) is 9.78 Å². The zero-order valence-corrected chi connectivity index (χ0v) is 12.1. The molecule has 0 aliphatic heterocycles. The monoisotopic (exact) mass is 320 g/mol. The average molecular weight is 321 g/mol. The number of thiazole rings is 1. The van der Waals surface area contributed by atoms with Crippen LogP contribution in [0.3, 0.4) is 0 Å². The van der Waals surface area contributed by atoms with Gasteiger partial charge in [-0.3, -0.25) is 9.83 Å².